The monoisotopic (exact) mass is 264 g/mol. The predicted molar refractivity (Wildman–Crippen MR) is 62.6 cm³/mol. The zero-order chi connectivity index (χ0) is 10.8. The molecule has 0 fully saturated rings. The second-order valence-electron chi connectivity index (χ2n) is 3.22. The Labute approximate surface area is 95.6 Å². The molecule has 15 heavy (non-hydrogen) atoms. The Balaban J connectivity index is 2.63. The zero-order valence-corrected chi connectivity index (χ0v) is 9.73. The van der Waals surface area contributed by atoms with Gasteiger partial charge in [0.15, 0.2) is 0 Å². The SMILES string of the molecule is CC(C=O)=Cc1nc2ccccn2c1Br. The highest BCUT2D eigenvalue weighted by Crippen LogP contribution is 2.20. The molecular formula is C11H9BrN2O. The number of nitrogens with zero attached hydrogens (tertiary/aromatic N) is 2. The van der Waals surface area contributed by atoms with Crippen molar-refractivity contribution >= 4 is 33.9 Å². The van der Waals surface area contributed by atoms with E-state index in [0.717, 1.165) is 22.2 Å². The van der Waals surface area contributed by atoms with E-state index < -0.39 is 0 Å². The number of aldehydes is 1. The number of carbonyl (C=O) groups excluding carboxylic acids is 1. The van der Waals surface area contributed by atoms with E-state index in [2.05, 4.69) is 20.9 Å². The van der Waals surface area contributed by atoms with Gasteiger partial charge in [0.05, 0.1) is 5.69 Å². The van der Waals surface area contributed by atoms with Gasteiger partial charge in [-0.15, -0.1) is 0 Å². The lowest BCUT2D eigenvalue weighted by Gasteiger charge is -1.92. The zero-order valence-electron chi connectivity index (χ0n) is 8.14. The van der Waals surface area contributed by atoms with E-state index in [0.29, 0.717) is 5.57 Å². The van der Waals surface area contributed by atoms with Gasteiger partial charge in [-0.2, -0.15) is 0 Å². The maximum absolute atomic E-state index is 10.5. The van der Waals surface area contributed by atoms with Crippen molar-refractivity contribution in [2.75, 3.05) is 0 Å². The van der Waals surface area contributed by atoms with E-state index in [1.165, 1.54) is 0 Å². The largest absolute Gasteiger partial charge is 0.298 e. The summed E-state index contributed by atoms with van der Waals surface area (Å²) in [4.78, 5) is 14.9. The van der Waals surface area contributed by atoms with Gasteiger partial charge in [-0.3, -0.25) is 9.20 Å². The van der Waals surface area contributed by atoms with Crippen LogP contribution in [0.2, 0.25) is 0 Å². The molecule has 0 saturated carbocycles. The summed E-state index contributed by atoms with van der Waals surface area (Å²) in [7, 11) is 0. The number of halogens is 1. The van der Waals surface area contributed by atoms with Gasteiger partial charge in [-0.05, 0) is 46.6 Å². The van der Waals surface area contributed by atoms with Gasteiger partial charge in [0, 0.05) is 6.20 Å². The molecule has 0 spiro atoms. The molecule has 4 heteroatoms. The first-order valence-electron chi connectivity index (χ1n) is 4.48. The second kappa shape index (κ2) is 3.98. The number of hydrogen-bond acceptors (Lipinski definition) is 2. The number of imidazole rings is 1. The van der Waals surface area contributed by atoms with E-state index in [4.69, 9.17) is 0 Å². The maximum atomic E-state index is 10.5. The first kappa shape index (κ1) is 10.1. The number of carbonyl (C=O) groups is 1. The number of rotatable bonds is 2. The summed E-state index contributed by atoms with van der Waals surface area (Å²) in [6, 6.07) is 5.77. The van der Waals surface area contributed by atoms with Gasteiger partial charge in [0.1, 0.15) is 16.5 Å². The molecule has 0 aliphatic heterocycles. The van der Waals surface area contributed by atoms with Gasteiger partial charge in [-0.1, -0.05) is 6.07 Å². The van der Waals surface area contributed by atoms with Crippen LogP contribution in [0.5, 0.6) is 0 Å². The van der Waals surface area contributed by atoms with Gasteiger partial charge in [-0.25, -0.2) is 4.98 Å². The average molecular weight is 265 g/mol. The van der Waals surface area contributed by atoms with Crippen LogP contribution in [0.25, 0.3) is 11.7 Å². The van der Waals surface area contributed by atoms with Crippen molar-refractivity contribution in [3.05, 3.63) is 40.3 Å². The lowest BCUT2D eigenvalue weighted by Crippen LogP contribution is -1.81. The van der Waals surface area contributed by atoms with E-state index >= 15 is 0 Å². The van der Waals surface area contributed by atoms with Crippen LogP contribution in [0.4, 0.5) is 0 Å². The third-order valence-corrected chi connectivity index (χ3v) is 2.83. The number of aromatic nitrogens is 2. The number of pyridine rings is 1. The summed E-state index contributed by atoms with van der Waals surface area (Å²) in [5, 5.41) is 0. The standard InChI is InChI=1S/C11H9BrN2O/c1-8(7-15)6-9-11(12)14-5-3-2-4-10(14)13-9/h2-7H,1H3. The van der Waals surface area contributed by atoms with Crippen molar-refractivity contribution in [3.63, 3.8) is 0 Å². The Morgan fingerprint density at radius 3 is 3.00 bits per heavy atom. The van der Waals surface area contributed by atoms with Crippen LogP contribution in [0.15, 0.2) is 34.6 Å². The normalized spacial score (nSPS) is 12.0. The molecule has 0 radical (unpaired) electrons. The molecule has 3 nitrogen and oxygen atoms in total. The third kappa shape index (κ3) is 1.85. The first-order chi connectivity index (χ1) is 7.22. The van der Waals surface area contributed by atoms with Crippen molar-refractivity contribution in [2.24, 2.45) is 0 Å². The summed E-state index contributed by atoms with van der Waals surface area (Å²) in [5.74, 6) is 0. The van der Waals surface area contributed by atoms with E-state index in [1.807, 2.05) is 28.8 Å². The number of fused-ring (bicyclic) bond motifs is 1. The van der Waals surface area contributed by atoms with Crippen molar-refractivity contribution in [2.45, 2.75) is 6.92 Å². The second-order valence-corrected chi connectivity index (χ2v) is 3.97. The lowest BCUT2D eigenvalue weighted by molar-refractivity contribution is -0.104. The average Bonchev–Trinajstić information content (AvgIpc) is 2.57. The topological polar surface area (TPSA) is 34.4 Å². The summed E-state index contributed by atoms with van der Waals surface area (Å²) in [5.41, 5.74) is 2.28. The number of allylic oxidation sites excluding steroid dienone is 1. The van der Waals surface area contributed by atoms with Gasteiger partial charge in [0.25, 0.3) is 0 Å². The van der Waals surface area contributed by atoms with Gasteiger partial charge in [0.2, 0.25) is 0 Å². The Kier molecular flexibility index (Phi) is 2.68. The molecule has 2 aromatic heterocycles. The highest BCUT2D eigenvalue weighted by molar-refractivity contribution is 9.10. The summed E-state index contributed by atoms with van der Waals surface area (Å²) in [6.45, 7) is 1.75. The van der Waals surface area contributed by atoms with Gasteiger partial charge < -0.3 is 0 Å². The van der Waals surface area contributed by atoms with Crippen LogP contribution < -0.4 is 0 Å². The van der Waals surface area contributed by atoms with Crippen LogP contribution in [-0.4, -0.2) is 15.7 Å². The molecule has 0 aromatic carbocycles. The van der Waals surface area contributed by atoms with E-state index in [-0.39, 0.29) is 0 Å². The molecule has 0 N–H and O–H groups in total. The highest BCUT2D eigenvalue weighted by Gasteiger charge is 2.06. The van der Waals surface area contributed by atoms with Crippen LogP contribution >= 0.6 is 15.9 Å². The maximum Gasteiger partial charge on any atom is 0.145 e. The molecule has 0 unspecified atom stereocenters. The minimum atomic E-state index is 0.652. The minimum Gasteiger partial charge on any atom is -0.298 e. The van der Waals surface area contributed by atoms with Gasteiger partial charge >= 0.3 is 0 Å². The smallest absolute Gasteiger partial charge is 0.145 e. The van der Waals surface area contributed by atoms with Crippen molar-refractivity contribution in [3.8, 4) is 0 Å². The fourth-order valence-electron chi connectivity index (χ4n) is 1.33. The lowest BCUT2D eigenvalue weighted by atomic mass is 10.3. The van der Waals surface area contributed by atoms with Crippen LogP contribution in [0.3, 0.4) is 0 Å². The molecule has 0 aliphatic carbocycles. The number of hydrogen-bond donors (Lipinski definition) is 0. The Hall–Kier alpha value is -1.42. The quantitative estimate of drug-likeness (QED) is 0.618. The summed E-state index contributed by atoms with van der Waals surface area (Å²) < 4.78 is 2.78. The molecule has 2 rings (SSSR count). The van der Waals surface area contributed by atoms with Crippen molar-refractivity contribution in [1.29, 1.82) is 0 Å². The summed E-state index contributed by atoms with van der Waals surface area (Å²) in [6.07, 6.45) is 4.49. The third-order valence-electron chi connectivity index (χ3n) is 2.05. The fourth-order valence-corrected chi connectivity index (χ4v) is 1.83. The van der Waals surface area contributed by atoms with Crippen molar-refractivity contribution < 1.29 is 4.79 Å². The molecule has 0 saturated heterocycles. The summed E-state index contributed by atoms with van der Waals surface area (Å²) >= 11 is 3.45. The molecule has 76 valence electrons. The van der Waals surface area contributed by atoms with Crippen LogP contribution in [-0.2, 0) is 4.79 Å². The minimum absolute atomic E-state index is 0.652. The highest BCUT2D eigenvalue weighted by atomic mass is 79.9. The molecule has 0 aliphatic rings. The van der Waals surface area contributed by atoms with E-state index in [1.54, 1.807) is 13.0 Å². The first-order valence-corrected chi connectivity index (χ1v) is 5.28. The Bertz CT molecular complexity index is 543. The Morgan fingerprint density at radius 2 is 2.33 bits per heavy atom. The van der Waals surface area contributed by atoms with Crippen LogP contribution in [0.1, 0.15) is 12.6 Å². The molecule has 0 atom stereocenters. The van der Waals surface area contributed by atoms with Crippen LogP contribution in [0, 0.1) is 0 Å². The fraction of sp³-hybridized carbons (Fsp3) is 0.0909. The predicted octanol–water partition coefficient (Wildman–Crippen LogP) is 2.70. The molecule has 2 heterocycles. The van der Waals surface area contributed by atoms with E-state index in [9.17, 15) is 4.79 Å². The molecule has 0 bridgehead atoms. The molecule has 0 amide bonds. The Morgan fingerprint density at radius 1 is 1.53 bits per heavy atom. The molecule has 2 aromatic rings. The molecular weight excluding hydrogens is 256 g/mol. The van der Waals surface area contributed by atoms with Crippen molar-refractivity contribution in [1.82, 2.24) is 9.38 Å².